The molecule has 8 rings (SSSR count). The summed E-state index contributed by atoms with van der Waals surface area (Å²) in [5, 5.41) is 60.9. The van der Waals surface area contributed by atoms with Gasteiger partial charge in [0.15, 0.2) is 11.5 Å². The fraction of sp³-hybridized carbons (Fsp3) is 0. The molecule has 0 amide bonds. The lowest BCUT2D eigenvalue weighted by molar-refractivity contribution is 0.330. The van der Waals surface area contributed by atoms with Crippen LogP contribution >= 0.6 is 0 Å². The Bertz CT molecular complexity index is 2400. The molecule has 0 saturated heterocycles. The zero-order valence-electron chi connectivity index (χ0n) is 23.9. The lowest BCUT2D eigenvalue weighted by Crippen LogP contribution is -1.94. The Morgan fingerprint density at radius 1 is 0.289 bits per heavy atom. The maximum atomic E-state index is 11.1. The van der Waals surface area contributed by atoms with Crippen LogP contribution in [0.25, 0.3) is 76.5 Å². The van der Waals surface area contributed by atoms with E-state index in [0.717, 1.165) is 49.2 Å². The number of phenols is 5. The van der Waals surface area contributed by atoms with Crippen molar-refractivity contribution >= 4 is 43.1 Å². The standard InChI is InChI=1S/C40H26O5/c41-36-35(37(42)39(44)40(45)38(36)43)34-28-16-8-6-14-26(28)33(27-15-7-9-17-29(27)34)32-20-24-19-18-23-12-4-5-13-25(23)31(24)21-30(32)22-10-2-1-3-11-22/h1-21,41-45H. The second-order valence-electron chi connectivity index (χ2n) is 11.2. The lowest BCUT2D eigenvalue weighted by Gasteiger charge is -2.22. The smallest absolute Gasteiger partial charge is 0.208 e. The molecule has 0 aliphatic rings. The molecule has 0 radical (unpaired) electrons. The van der Waals surface area contributed by atoms with Gasteiger partial charge in [-0.3, -0.25) is 0 Å². The zero-order chi connectivity index (χ0) is 30.8. The molecule has 0 spiro atoms. The number of hydrogen-bond donors (Lipinski definition) is 5. The summed E-state index contributed by atoms with van der Waals surface area (Å²) in [6.45, 7) is 0. The predicted molar refractivity (Wildman–Crippen MR) is 181 cm³/mol. The van der Waals surface area contributed by atoms with Crippen LogP contribution in [0.15, 0.2) is 127 Å². The summed E-state index contributed by atoms with van der Waals surface area (Å²) >= 11 is 0. The Hall–Kier alpha value is -6.20. The predicted octanol–water partition coefficient (Wildman–Crippen LogP) is 9.83. The maximum absolute atomic E-state index is 11.1. The molecule has 0 saturated carbocycles. The normalized spacial score (nSPS) is 11.6. The molecule has 5 heteroatoms. The zero-order valence-corrected chi connectivity index (χ0v) is 23.9. The van der Waals surface area contributed by atoms with E-state index in [1.165, 1.54) is 5.39 Å². The number of benzene rings is 8. The monoisotopic (exact) mass is 586 g/mol. The van der Waals surface area contributed by atoms with Gasteiger partial charge in [0.05, 0.1) is 5.56 Å². The van der Waals surface area contributed by atoms with Gasteiger partial charge in [-0.15, -0.1) is 0 Å². The average Bonchev–Trinajstić information content (AvgIpc) is 3.09. The lowest BCUT2D eigenvalue weighted by atomic mass is 9.82. The molecule has 8 aromatic rings. The Balaban J connectivity index is 1.57. The van der Waals surface area contributed by atoms with Gasteiger partial charge in [-0.25, -0.2) is 0 Å². The summed E-state index contributed by atoms with van der Waals surface area (Å²) in [5.41, 5.74) is 4.32. The SMILES string of the molecule is Oc1c(O)c(O)c(-c2c3ccccc3c(-c3cc4ccc5ccccc5c4cc3-c3ccccc3)c3ccccc23)c(O)c1O. The molecule has 5 nitrogen and oxygen atoms in total. The van der Waals surface area contributed by atoms with Crippen molar-refractivity contribution < 1.29 is 25.5 Å². The van der Waals surface area contributed by atoms with Crippen molar-refractivity contribution in [1.82, 2.24) is 0 Å². The van der Waals surface area contributed by atoms with Gasteiger partial charge in [-0.05, 0) is 77.5 Å². The summed E-state index contributed by atoms with van der Waals surface area (Å²) < 4.78 is 0. The molecule has 0 bridgehead atoms. The van der Waals surface area contributed by atoms with Gasteiger partial charge in [-0.1, -0.05) is 115 Å². The quantitative estimate of drug-likeness (QED) is 0.0614. The highest BCUT2D eigenvalue weighted by atomic mass is 16.4. The third-order valence-corrected chi connectivity index (χ3v) is 8.79. The molecule has 45 heavy (non-hydrogen) atoms. The van der Waals surface area contributed by atoms with Gasteiger partial charge >= 0.3 is 0 Å². The Kier molecular flexibility index (Phi) is 5.83. The molecule has 5 N–H and O–H groups in total. The molecule has 0 aliphatic heterocycles. The average molecular weight is 587 g/mol. The van der Waals surface area contributed by atoms with Crippen molar-refractivity contribution in [2.24, 2.45) is 0 Å². The summed E-state index contributed by atoms with van der Waals surface area (Å²) in [6, 6.07) is 42.8. The van der Waals surface area contributed by atoms with Crippen LogP contribution in [0.1, 0.15) is 0 Å². The molecule has 216 valence electrons. The topological polar surface area (TPSA) is 101 Å². The van der Waals surface area contributed by atoms with Gasteiger partial charge in [0, 0.05) is 5.56 Å². The number of hydrogen-bond acceptors (Lipinski definition) is 5. The highest BCUT2D eigenvalue weighted by Gasteiger charge is 2.28. The molecular formula is C40H26O5. The van der Waals surface area contributed by atoms with E-state index in [1.807, 2.05) is 72.8 Å². The van der Waals surface area contributed by atoms with Crippen molar-refractivity contribution in [1.29, 1.82) is 0 Å². The Morgan fingerprint density at radius 2 is 0.756 bits per heavy atom. The minimum Gasteiger partial charge on any atom is -0.504 e. The van der Waals surface area contributed by atoms with Crippen LogP contribution in [0.4, 0.5) is 0 Å². The van der Waals surface area contributed by atoms with E-state index in [-0.39, 0.29) is 5.56 Å². The van der Waals surface area contributed by atoms with Crippen LogP contribution in [0.3, 0.4) is 0 Å². The fourth-order valence-corrected chi connectivity index (χ4v) is 6.73. The largest absolute Gasteiger partial charge is 0.504 e. The number of phenolic OH excluding ortho intramolecular Hbond substituents is 5. The fourth-order valence-electron chi connectivity index (χ4n) is 6.73. The highest BCUT2D eigenvalue weighted by Crippen LogP contribution is 2.58. The van der Waals surface area contributed by atoms with Crippen molar-refractivity contribution in [3.63, 3.8) is 0 Å². The first kappa shape index (κ1) is 26.4. The number of fused-ring (bicyclic) bond motifs is 5. The van der Waals surface area contributed by atoms with Gasteiger partial charge < -0.3 is 25.5 Å². The first-order chi connectivity index (χ1) is 21.9. The van der Waals surface area contributed by atoms with Gasteiger partial charge in [0.2, 0.25) is 17.2 Å². The minimum atomic E-state index is -0.991. The van der Waals surface area contributed by atoms with Gasteiger partial charge in [-0.2, -0.15) is 0 Å². The van der Waals surface area contributed by atoms with E-state index in [2.05, 4.69) is 54.6 Å². The van der Waals surface area contributed by atoms with E-state index in [1.54, 1.807) is 0 Å². The van der Waals surface area contributed by atoms with Crippen LogP contribution < -0.4 is 0 Å². The van der Waals surface area contributed by atoms with Crippen LogP contribution in [-0.2, 0) is 0 Å². The molecule has 8 aromatic carbocycles. The Labute approximate surface area is 257 Å². The molecule has 0 unspecified atom stereocenters. The Morgan fingerprint density at radius 3 is 1.36 bits per heavy atom. The van der Waals surface area contributed by atoms with Crippen molar-refractivity contribution in [3.8, 4) is 62.1 Å². The first-order valence-corrected chi connectivity index (χ1v) is 14.6. The van der Waals surface area contributed by atoms with Crippen LogP contribution in [0, 0.1) is 0 Å². The number of rotatable bonds is 3. The third-order valence-electron chi connectivity index (χ3n) is 8.79. The number of aromatic hydroxyl groups is 5. The van der Waals surface area contributed by atoms with Crippen molar-refractivity contribution in [2.45, 2.75) is 0 Å². The summed E-state index contributed by atoms with van der Waals surface area (Å²) in [4.78, 5) is 0. The first-order valence-electron chi connectivity index (χ1n) is 14.6. The maximum Gasteiger partial charge on any atom is 0.208 e. The molecule has 0 atom stereocenters. The van der Waals surface area contributed by atoms with Crippen LogP contribution in [0.5, 0.6) is 28.7 Å². The molecule has 0 fully saturated rings. The van der Waals surface area contributed by atoms with Gasteiger partial charge in [0.1, 0.15) is 0 Å². The van der Waals surface area contributed by atoms with E-state index < -0.39 is 28.7 Å². The highest BCUT2D eigenvalue weighted by molar-refractivity contribution is 6.24. The second-order valence-corrected chi connectivity index (χ2v) is 11.2. The molecular weight excluding hydrogens is 560 g/mol. The van der Waals surface area contributed by atoms with Crippen LogP contribution in [-0.4, -0.2) is 25.5 Å². The van der Waals surface area contributed by atoms with Crippen molar-refractivity contribution in [3.05, 3.63) is 127 Å². The molecule has 0 aromatic heterocycles. The van der Waals surface area contributed by atoms with E-state index in [4.69, 9.17) is 0 Å². The molecule has 0 aliphatic carbocycles. The second kappa shape index (κ2) is 9.93. The van der Waals surface area contributed by atoms with E-state index in [0.29, 0.717) is 16.3 Å². The minimum absolute atomic E-state index is 0.171. The van der Waals surface area contributed by atoms with E-state index >= 15 is 0 Å². The summed E-state index contributed by atoms with van der Waals surface area (Å²) in [5.74, 6) is -4.27. The third kappa shape index (κ3) is 3.88. The van der Waals surface area contributed by atoms with Crippen molar-refractivity contribution in [2.75, 3.05) is 0 Å². The summed E-state index contributed by atoms with van der Waals surface area (Å²) in [6.07, 6.45) is 0. The van der Waals surface area contributed by atoms with Crippen LogP contribution in [0.2, 0.25) is 0 Å². The van der Waals surface area contributed by atoms with E-state index in [9.17, 15) is 25.5 Å². The van der Waals surface area contributed by atoms with Gasteiger partial charge in [0.25, 0.3) is 0 Å². The molecule has 0 heterocycles. The summed E-state index contributed by atoms with van der Waals surface area (Å²) in [7, 11) is 0.